The van der Waals surface area contributed by atoms with E-state index in [0.29, 0.717) is 17.4 Å². The number of carbonyl (C=O) groups is 1. The van der Waals surface area contributed by atoms with Gasteiger partial charge in [0, 0.05) is 18.7 Å². The first-order chi connectivity index (χ1) is 11.4. The van der Waals surface area contributed by atoms with Crippen LogP contribution < -0.4 is 9.47 Å². The first kappa shape index (κ1) is 18.4. The molecular formula is C20H29NO3. The van der Waals surface area contributed by atoms with Gasteiger partial charge in [-0.3, -0.25) is 4.79 Å². The van der Waals surface area contributed by atoms with Gasteiger partial charge in [0.25, 0.3) is 0 Å². The van der Waals surface area contributed by atoms with E-state index in [-0.39, 0.29) is 18.1 Å². The molecule has 4 heteroatoms. The average molecular weight is 331 g/mol. The van der Waals surface area contributed by atoms with E-state index >= 15 is 0 Å². The van der Waals surface area contributed by atoms with E-state index in [1.54, 1.807) is 13.2 Å². The Labute approximate surface area is 145 Å². The quantitative estimate of drug-likeness (QED) is 0.672. The lowest BCUT2D eigenvalue weighted by molar-refractivity contribution is -0.127. The Balaban J connectivity index is 2.07. The molecule has 0 bridgehead atoms. The molecule has 1 fully saturated rings. The van der Waals surface area contributed by atoms with Crippen LogP contribution in [-0.4, -0.2) is 36.6 Å². The molecule has 0 spiro atoms. The fourth-order valence-corrected chi connectivity index (χ4v) is 2.54. The van der Waals surface area contributed by atoms with Gasteiger partial charge in [0.15, 0.2) is 11.5 Å². The Bertz CT molecular complexity index is 589. The number of nitrogens with zero attached hydrogens (tertiary/aromatic N) is 1. The lowest BCUT2D eigenvalue weighted by Crippen LogP contribution is -2.37. The molecule has 1 aromatic carbocycles. The second-order valence-corrected chi connectivity index (χ2v) is 6.94. The topological polar surface area (TPSA) is 38.8 Å². The van der Waals surface area contributed by atoms with Crippen molar-refractivity contribution in [2.75, 3.05) is 13.7 Å². The van der Waals surface area contributed by atoms with Crippen LogP contribution in [0.5, 0.6) is 11.5 Å². The molecule has 2 rings (SSSR count). The van der Waals surface area contributed by atoms with E-state index in [4.69, 9.17) is 9.47 Å². The van der Waals surface area contributed by atoms with Gasteiger partial charge in [-0.1, -0.05) is 6.07 Å². The molecule has 1 aliphatic carbocycles. The summed E-state index contributed by atoms with van der Waals surface area (Å²) in [6.07, 6.45) is 6.07. The number of rotatable bonds is 8. The number of amides is 1. The van der Waals surface area contributed by atoms with Crippen molar-refractivity contribution in [3.8, 4) is 11.5 Å². The van der Waals surface area contributed by atoms with Gasteiger partial charge in [-0.05, 0) is 70.2 Å². The predicted octanol–water partition coefficient (Wildman–Crippen LogP) is 4.14. The SMILES string of the molecule is COc1cc(C=CC(=O)N(CC2CC2)C(C)C)ccc1OC(C)C. The summed E-state index contributed by atoms with van der Waals surface area (Å²) in [7, 11) is 1.62. The number of hydrogen-bond donors (Lipinski definition) is 0. The summed E-state index contributed by atoms with van der Waals surface area (Å²) in [5.74, 6) is 2.15. The van der Waals surface area contributed by atoms with E-state index in [2.05, 4.69) is 13.8 Å². The van der Waals surface area contributed by atoms with Gasteiger partial charge in [0.2, 0.25) is 5.91 Å². The third-order valence-corrected chi connectivity index (χ3v) is 4.03. The summed E-state index contributed by atoms with van der Waals surface area (Å²) in [4.78, 5) is 14.4. The zero-order chi connectivity index (χ0) is 17.7. The van der Waals surface area contributed by atoms with Crippen LogP contribution in [-0.2, 0) is 4.79 Å². The first-order valence-corrected chi connectivity index (χ1v) is 8.74. The van der Waals surface area contributed by atoms with Crippen molar-refractivity contribution in [3.05, 3.63) is 29.8 Å². The lowest BCUT2D eigenvalue weighted by atomic mass is 10.1. The van der Waals surface area contributed by atoms with Crippen LogP contribution in [0.25, 0.3) is 6.08 Å². The normalized spacial score (nSPS) is 14.5. The van der Waals surface area contributed by atoms with Crippen molar-refractivity contribution >= 4 is 12.0 Å². The lowest BCUT2D eigenvalue weighted by Gasteiger charge is -2.25. The van der Waals surface area contributed by atoms with E-state index in [0.717, 1.165) is 12.1 Å². The summed E-state index contributed by atoms with van der Waals surface area (Å²) < 4.78 is 11.1. The molecule has 0 atom stereocenters. The molecule has 1 aliphatic rings. The van der Waals surface area contributed by atoms with Crippen molar-refractivity contribution in [2.24, 2.45) is 5.92 Å². The van der Waals surface area contributed by atoms with Crippen molar-refractivity contribution < 1.29 is 14.3 Å². The smallest absolute Gasteiger partial charge is 0.246 e. The number of methoxy groups -OCH3 is 1. The molecular weight excluding hydrogens is 302 g/mol. The molecule has 1 amide bonds. The zero-order valence-corrected chi connectivity index (χ0v) is 15.4. The summed E-state index contributed by atoms with van der Waals surface area (Å²) in [5.41, 5.74) is 0.923. The molecule has 1 aromatic rings. The van der Waals surface area contributed by atoms with Gasteiger partial charge < -0.3 is 14.4 Å². The van der Waals surface area contributed by atoms with E-state index in [1.165, 1.54) is 12.8 Å². The molecule has 24 heavy (non-hydrogen) atoms. The molecule has 0 saturated heterocycles. The van der Waals surface area contributed by atoms with Crippen LogP contribution >= 0.6 is 0 Å². The minimum atomic E-state index is 0.0679. The first-order valence-electron chi connectivity index (χ1n) is 8.74. The summed E-state index contributed by atoms with van der Waals surface area (Å²) in [6.45, 7) is 8.95. The molecule has 1 saturated carbocycles. The summed E-state index contributed by atoms with van der Waals surface area (Å²) in [6, 6.07) is 5.93. The predicted molar refractivity (Wildman–Crippen MR) is 97.4 cm³/mol. The molecule has 0 radical (unpaired) electrons. The molecule has 0 aromatic heterocycles. The van der Waals surface area contributed by atoms with Crippen molar-refractivity contribution in [3.63, 3.8) is 0 Å². The minimum Gasteiger partial charge on any atom is -0.493 e. The summed E-state index contributed by atoms with van der Waals surface area (Å²) in [5, 5.41) is 0. The standard InChI is InChI=1S/C20H29NO3/c1-14(2)21(13-17-6-7-17)20(22)11-9-16-8-10-18(24-15(3)4)19(12-16)23-5/h8-12,14-15,17H,6-7,13H2,1-5H3. The Kier molecular flexibility index (Phi) is 6.29. The number of hydrogen-bond acceptors (Lipinski definition) is 3. The molecule has 0 aliphatic heterocycles. The fraction of sp³-hybridized carbons (Fsp3) is 0.550. The maximum atomic E-state index is 12.5. The van der Waals surface area contributed by atoms with E-state index in [9.17, 15) is 4.79 Å². The van der Waals surface area contributed by atoms with Gasteiger partial charge >= 0.3 is 0 Å². The van der Waals surface area contributed by atoms with Crippen molar-refractivity contribution in [1.82, 2.24) is 4.90 Å². The van der Waals surface area contributed by atoms with Crippen LogP contribution in [0.1, 0.15) is 46.1 Å². The number of benzene rings is 1. The summed E-state index contributed by atoms with van der Waals surface area (Å²) >= 11 is 0. The third-order valence-electron chi connectivity index (χ3n) is 4.03. The van der Waals surface area contributed by atoms with Crippen LogP contribution in [0.15, 0.2) is 24.3 Å². The highest BCUT2D eigenvalue weighted by Gasteiger charge is 2.27. The maximum Gasteiger partial charge on any atom is 0.246 e. The second-order valence-electron chi connectivity index (χ2n) is 6.94. The largest absolute Gasteiger partial charge is 0.493 e. The van der Waals surface area contributed by atoms with Gasteiger partial charge in [-0.2, -0.15) is 0 Å². The van der Waals surface area contributed by atoms with Crippen LogP contribution in [0.4, 0.5) is 0 Å². The average Bonchev–Trinajstić information content (AvgIpc) is 3.34. The Morgan fingerprint density at radius 2 is 1.96 bits per heavy atom. The van der Waals surface area contributed by atoms with Crippen molar-refractivity contribution in [2.45, 2.75) is 52.7 Å². The van der Waals surface area contributed by atoms with Gasteiger partial charge in [0.1, 0.15) is 0 Å². The van der Waals surface area contributed by atoms with Gasteiger partial charge in [0.05, 0.1) is 13.2 Å². The fourth-order valence-electron chi connectivity index (χ4n) is 2.54. The molecule has 0 unspecified atom stereocenters. The Hall–Kier alpha value is -1.97. The molecule has 0 N–H and O–H groups in total. The van der Waals surface area contributed by atoms with Crippen molar-refractivity contribution in [1.29, 1.82) is 0 Å². The molecule has 0 heterocycles. The van der Waals surface area contributed by atoms with Gasteiger partial charge in [-0.25, -0.2) is 0 Å². The van der Waals surface area contributed by atoms with Crippen LogP contribution in [0, 0.1) is 5.92 Å². The second kappa shape index (κ2) is 8.22. The van der Waals surface area contributed by atoms with Crippen LogP contribution in [0.2, 0.25) is 0 Å². The zero-order valence-electron chi connectivity index (χ0n) is 15.4. The number of carbonyl (C=O) groups excluding carboxylic acids is 1. The maximum absolute atomic E-state index is 12.5. The molecule has 4 nitrogen and oxygen atoms in total. The number of ether oxygens (including phenoxy) is 2. The van der Waals surface area contributed by atoms with Gasteiger partial charge in [-0.15, -0.1) is 0 Å². The molecule has 132 valence electrons. The van der Waals surface area contributed by atoms with E-state index in [1.807, 2.05) is 43.0 Å². The minimum absolute atomic E-state index is 0.0679. The highest BCUT2D eigenvalue weighted by Crippen LogP contribution is 2.31. The van der Waals surface area contributed by atoms with Crippen LogP contribution in [0.3, 0.4) is 0 Å². The highest BCUT2D eigenvalue weighted by atomic mass is 16.5. The monoisotopic (exact) mass is 331 g/mol. The van der Waals surface area contributed by atoms with E-state index < -0.39 is 0 Å². The third kappa shape index (κ3) is 5.29. The Morgan fingerprint density at radius 3 is 2.50 bits per heavy atom. The highest BCUT2D eigenvalue weighted by molar-refractivity contribution is 5.92. The Morgan fingerprint density at radius 1 is 1.25 bits per heavy atom.